The molecule has 0 radical (unpaired) electrons. The Kier molecular flexibility index (Phi) is 3.99. The molecule has 0 aliphatic carbocycles. The summed E-state index contributed by atoms with van der Waals surface area (Å²) in [5.41, 5.74) is 8.50. The summed E-state index contributed by atoms with van der Waals surface area (Å²) >= 11 is 1.91. The second-order valence-corrected chi connectivity index (χ2v) is 6.53. The third-order valence-electron chi connectivity index (χ3n) is 3.55. The predicted molar refractivity (Wildman–Crippen MR) is 84.3 cm³/mol. The van der Waals surface area contributed by atoms with Gasteiger partial charge in [-0.15, -0.1) is 11.8 Å². The molecule has 2 nitrogen and oxygen atoms in total. The highest BCUT2D eigenvalue weighted by atomic mass is 32.2. The SMILES string of the molecule is C[C@H](N)c1ccccc1OCC1Cc2ccccc2S1. The molecule has 3 rings (SSSR count). The monoisotopic (exact) mass is 285 g/mol. The Morgan fingerprint density at radius 2 is 1.95 bits per heavy atom. The van der Waals surface area contributed by atoms with Gasteiger partial charge < -0.3 is 10.5 Å². The number of hydrogen-bond acceptors (Lipinski definition) is 3. The van der Waals surface area contributed by atoms with E-state index in [4.69, 9.17) is 10.5 Å². The molecule has 0 fully saturated rings. The Labute approximate surface area is 124 Å². The zero-order valence-electron chi connectivity index (χ0n) is 11.6. The lowest BCUT2D eigenvalue weighted by atomic mass is 10.1. The van der Waals surface area contributed by atoms with Gasteiger partial charge in [-0.05, 0) is 31.0 Å². The number of para-hydroxylation sites is 1. The first kappa shape index (κ1) is 13.5. The first-order valence-electron chi connectivity index (χ1n) is 6.96. The molecule has 0 amide bonds. The van der Waals surface area contributed by atoms with E-state index in [1.807, 2.05) is 43.0 Å². The molecular formula is C17H19NOS. The number of fused-ring (bicyclic) bond motifs is 1. The third kappa shape index (κ3) is 2.84. The Balaban J connectivity index is 1.65. The number of benzene rings is 2. The number of hydrogen-bond donors (Lipinski definition) is 1. The summed E-state index contributed by atoms with van der Waals surface area (Å²) in [6, 6.07) is 16.6. The fourth-order valence-corrected chi connectivity index (χ4v) is 3.74. The first-order valence-corrected chi connectivity index (χ1v) is 7.84. The summed E-state index contributed by atoms with van der Waals surface area (Å²) in [6.07, 6.45) is 1.08. The highest BCUT2D eigenvalue weighted by molar-refractivity contribution is 8.00. The molecule has 20 heavy (non-hydrogen) atoms. The molecule has 0 bridgehead atoms. The molecule has 1 aliphatic heterocycles. The predicted octanol–water partition coefficient (Wildman–Crippen LogP) is 3.80. The standard InChI is InChI=1S/C17H19NOS/c1-12(18)15-7-3-4-8-16(15)19-11-14-10-13-6-2-5-9-17(13)20-14/h2-9,12,14H,10-11,18H2,1H3/t12-,14?/m0/s1. The second-order valence-electron chi connectivity index (χ2n) is 5.19. The maximum Gasteiger partial charge on any atom is 0.124 e. The number of rotatable bonds is 4. The van der Waals surface area contributed by atoms with E-state index in [1.165, 1.54) is 10.5 Å². The third-order valence-corrected chi connectivity index (χ3v) is 4.84. The van der Waals surface area contributed by atoms with E-state index in [-0.39, 0.29) is 6.04 Å². The minimum atomic E-state index is -0.000344. The lowest BCUT2D eigenvalue weighted by Crippen LogP contribution is -2.15. The average Bonchev–Trinajstić information content (AvgIpc) is 2.88. The zero-order chi connectivity index (χ0) is 13.9. The van der Waals surface area contributed by atoms with Crippen molar-refractivity contribution >= 4 is 11.8 Å². The van der Waals surface area contributed by atoms with Gasteiger partial charge in [-0.3, -0.25) is 0 Å². The van der Waals surface area contributed by atoms with Crippen molar-refractivity contribution in [1.82, 2.24) is 0 Å². The van der Waals surface area contributed by atoms with E-state index in [2.05, 4.69) is 24.3 Å². The van der Waals surface area contributed by atoms with Crippen LogP contribution in [0.2, 0.25) is 0 Å². The minimum absolute atomic E-state index is 0.000344. The van der Waals surface area contributed by atoms with E-state index in [0.717, 1.165) is 24.3 Å². The largest absolute Gasteiger partial charge is 0.492 e. The molecule has 1 aliphatic rings. The van der Waals surface area contributed by atoms with Gasteiger partial charge in [0.1, 0.15) is 12.4 Å². The Morgan fingerprint density at radius 1 is 1.20 bits per heavy atom. The van der Waals surface area contributed by atoms with Gasteiger partial charge in [0.25, 0.3) is 0 Å². The van der Waals surface area contributed by atoms with Crippen molar-refractivity contribution in [2.45, 2.75) is 29.5 Å². The van der Waals surface area contributed by atoms with Gasteiger partial charge in [0.2, 0.25) is 0 Å². The van der Waals surface area contributed by atoms with E-state index in [1.54, 1.807) is 0 Å². The van der Waals surface area contributed by atoms with Crippen LogP contribution in [-0.4, -0.2) is 11.9 Å². The maximum absolute atomic E-state index is 6.01. The molecule has 2 N–H and O–H groups in total. The highest BCUT2D eigenvalue weighted by Gasteiger charge is 2.22. The second kappa shape index (κ2) is 5.90. The smallest absolute Gasteiger partial charge is 0.124 e. The lowest BCUT2D eigenvalue weighted by Gasteiger charge is -2.16. The summed E-state index contributed by atoms with van der Waals surface area (Å²) in [7, 11) is 0. The summed E-state index contributed by atoms with van der Waals surface area (Å²) in [5, 5.41) is 0.494. The van der Waals surface area contributed by atoms with E-state index in [0.29, 0.717) is 5.25 Å². The molecule has 2 aromatic carbocycles. The van der Waals surface area contributed by atoms with E-state index in [9.17, 15) is 0 Å². The van der Waals surface area contributed by atoms with E-state index < -0.39 is 0 Å². The van der Waals surface area contributed by atoms with Gasteiger partial charge in [-0.25, -0.2) is 0 Å². The van der Waals surface area contributed by atoms with Crippen molar-refractivity contribution < 1.29 is 4.74 Å². The van der Waals surface area contributed by atoms with Gasteiger partial charge >= 0.3 is 0 Å². The number of thioether (sulfide) groups is 1. The molecule has 2 aromatic rings. The summed E-state index contributed by atoms with van der Waals surface area (Å²) in [4.78, 5) is 1.39. The minimum Gasteiger partial charge on any atom is -0.492 e. The molecule has 0 spiro atoms. The number of ether oxygens (including phenoxy) is 1. The van der Waals surface area contributed by atoms with Crippen LogP contribution in [0.3, 0.4) is 0 Å². The Morgan fingerprint density at radius 3 is 2.75 bits per heavy atom. The van der Waals surface area contributed by atoms with Gasteiger partial charge in [-0.1, -0.05) is 36.4 Å². The van der Waals surface area contributed by atoms with Crippen LogP contribution in [0.25, 0.3) is 0 Å². The molecular weight excluding hydrogens is 266 g/mol. The fraction of sp³-hybridized carbons (Fsp3) is 0.294. The molecule has 0 aromatic heterocycles. The van der Waals surface area contributed by atoms with Gasteiger partial charge in [0, 0.05) is 21.8 Å². The van der Waals surface area contributed by atoms with Crippen LogP contribution in [-0.2, 0) is 6.42 Å². The van der Waals surface area contributed by atoms with Crippen LogP contribution in [0.4, 0.5) is 0 Å². The summed E-state index contributed by atoms with van der Waals surface area (Å²) < 4.78 is 6.01. The van der Waals surface area contributed by atoms with Crippen LogP contribution in [0.15, 0.2) is 53.4 Å². The average molecular weight is 285 g/mol. The highest BCUT2D eigenvalue weighted by Crippen LogP contribution is 2.37. The molecule has 0 saturated carbocycles. The topological polar surface area (TPSA) is 35.2 Å². The molecule has 2 atom stereocenters. The summed E-state index contributed by atoms with van der Waals surface area (Å²) in [5.74, 6) is 0.916. The van der Waals surface area contributed by atoms with Crippen LogP contribution < -0.4 is 10.5 Å². The van der Waals surface area contributed by atoms with Crippen molar-refractivity contribution in [3.63, 3.8) is 0 Å². The Bertz CT molecular complexity index is 572. The van der Waals surface area contributed by atoms with Gasteiger partial charge in [-0.2, -0.15) is 0 Å². The van der Waals surface area contributed by atoms with Gasteiger partial charge in [0.05, 0.1) is 0 Å². The van der Waals surface area contributed by atoms with Crippen LogP contribution in [0.5, 0.6) is 5.75 Å². The normalized spacial score (nSPS) is 18.6. The first-order chi connectivity index (χ1) is 9.74. The Hall–Kier alpha value is -1.45. The zero-order valence-corrected chi connectivity index (χ0v) is 12.4. The van der Waals surface area contributed by atoms with Crippen molar-refractivity contribution in [3.05, 3.63) is 59.7 Å². The van der Waals surface area contributed by atoms with Crippen LogP contribution >= 0.6 is 11.8 Å². The van der Waals surface area contributed by atoms with E-state index >= 15 is 0 Å². The maximum atomic E-state index is 6.01. The quantitative estimate of drug-likeness (QED) is 0.928. The molecule has 1 heterocycles. The van der Waals surface area contributed by atoms with Crippen molar-refractivity contribution in [2.75, 3.05) is 6.61 Å². The molecule has 0 saturated heterocycles. The van der Waals surface area contributed by atoms with Gasteiger partial charge in [0.15, 0.2) is 0 Å². The van der Waals surface area contributed by atoms with Crippen LogP contribution in [0, 0.1) is 0 Å². The van der Waals surface area contributed by atoms with Crippen LogP contribution in [0.1, 0.15) is 24.1 Å². The number of nitrogens with two attached hydrogens (primary N) is 1. The molecule has 1 unspecified atom stereocenters. The lowest BCUT2D eigenvalue weighted by molar-refractivity contribution is 0.313. The fourth-order valence-electron chi connectivity index (χ4n) is 2.52. The van der Waals surface area contributed by atoms with Crippen molar-refractivity contribution in [1.29, 1.82) is 0 Å². The molecule has 104 valence electrons. The van der Waals surface area contributed by atoms with Crippen molar-refractivity contribution in [2.24, 2.45) is 5.73 Å². The van der Waals surface area contributed by atoms with Crippen molar-refractivity contribution in [3.8, 4) is 5.75 Å². The summed E-state index contributed by atoms with van der Waals surface area (Å²) in [6.45, 7) is 2.71. The molecule has 3 heteroatoms.